The largest absolute Gasteiger partial charge is 0.397 e. The summed E-state index contributed by atoms with van der Waals surface area (Å²) in [5.41, 5.74) is 14.0. The molecule has 58 heavy (non-hydrogen) atoms. The van der Waals surface area contributed by atoms with E-state index >= 15 is 0 Å². The van der Waals surface area contributed by atoms with E-state index in [2.05, 4.69) is 84.8 Å². The third-order valence-electron chi connectivity index (χ3n) is 12.4. The monoisotopic (exact) mass is 786 g/mol. The molecule has 2 bridgehead atoms. The summed E-state index contributed by atoms with van der Waals surface area (Å²) in [4.78, 5) is 27.8. The normalized spacial score (nSPS) is 24.0. The number of nitrogens with two attached hydrogens (primary N) is 1. The molecule has 2 aliphatic heterocycles. The summed E-state index contributed by atoms with van der Waals surface area (Å²) in [5.74, 6) is -0.0174. The fraction of sp³-hybridized carbons (Fsp3) is 0.469. The van der Waals surface area contributed by atoms with Crippen molar-refractivity contribution in [2.24, 2.45) is 10.8 Å². The first-order chi connectivity index (χ1) is 28.0. The second-order valence-corrected chi connectivity index (χ2v) is 18.1. The molecule has 4 aromatic carbocycles. The van der Waals surface area contributed by atoms with E-state index in [1.54, 1.807) is 12.1 Å². The Labute approximate surface area is 344 Å². The molecule has 9 nitrogen and oxygen atoms in total. The van der Waals surface area contributed by atoms with Crippen LogP contribution in [0.4, 0.5) is 11.4 Å². The minimum absolute atomic E-state index is 0.0167. The number of nitrogens with zero attached hydrogens (tertiary/aromatic N) is 1. The minimum Gasteiger partial charge on any atom is -0.397 e. The van der Waals surface area contributed by atoms with Crippen LogP contribution in [0.5, 0.6) is 0 Å². The molecule has 1 aliphatic carbocycles. The van der Waals surface area contributed by atoms with Gasteiger partial charge in [0.25, 0.3) is 0 Å². The van der Waals surface area contributed by atoms with E-state index in [1.165, 1.54) is 19.3 Å². The molecule has 2 unspecified atom stereocenters. The molecule has 3 aliphatic rings. The molecule has 0 spiro atoms. The molecular formula is C49H62N4O5. The van der Waals surface area contributed by atoms with Gasteiger partial charge in [0.15, 0.2) is 6.29 Å². The highest BCUT2D eigenvalue weighted by molar-refractivity contribution is 5.93. The molecule has 4 aromatic rings. The van der Waals surface area contributed by atoms with Gasteiger partial charge in [-0.2, -0.15) is 0 Å². The van der Waals surface area contributed by atoms with E-state index in [4.69, 9.17) is 15.2 Å². The highest BCUT2D eigenvalue weighted by atomic mass is 16.7. The first-order valence-electron chi connectivity index (χ1n) is 21.3. The number of rotatable bonds is 16. The van der Waals surface area contributed by atoms with Crippen LogP contribution < -0.4 is 16.4 Å². The van der Waals surface area contributed by atoms with Crippen molar-refractivity contribution >= 4 is 23.2 Å². The van der Waals surface area contributed by atoms with Crippen LogP contribution in [0.2, 0.25) is 0 Å². The van der Waals surface area contributed by atoms with E-state index in [-0.39, 0.29) is 30.6 Å². The number of nitrogens with one attached hydrogen (secondary N) is 2. The summed E-state index contributed by atoms with van der Waals surface area (Å²) in [7, 11) is 0. The molecule has 2 heterocycles. The Kier molecular flexibility index (Phi) is 13.3. The third kappa shape index (κ3) is 10.7. The van der Waals surface area contributed by atoms with Crippen molar-refractivity contribution < 1.29 is 24.2 Å². The van der Waals surface area contributed by atoms with Crippen LogP contribution in [0.15, 0.2) is 97.1 Å². The van der Waals surface area contributed by atoms with Crippen LogP contribution in [0.1, 0.15) is 120 Å². The molecule has 0 radical (unpaired) electrons. The van der Waals surface area contributed by atoms with Gasteiger partial charge in [-0.15, -0.1) is 0 Å². The number of unbranched alkanes of at least 4 members (excludes halogenated alkanes) is 3. The van der Waals surface area contributed by atoms with Gasteiger partial charge in [0.05, 0.1) is 30.2 Å². The summed E-state index contributed by atoms with van der Waals surface area (Å²) >= 11 is 0. The van der Waals surface area contributed by atoms with Crippen molar-refractivity contribution in [3.8, 4) is 11.1 Å². The van der Waals surface area contributed by atoms with Crippen LogP contribution >= 0.6 is 0 Å². The van der Waals surface area contributed by atoms with Crippen molar-refractivity contribution in [3.63, 3.8) is 0 Å². The van der Waals surface area contributed by atoms with E-state index < -0.39 is 6.29 Å². The molecule has 5 atom stereocenters. The molecule has 308 valence electrons. The fourth-order valence-electron chi connectivity index (χ4n) is 9.89. The zero-order valence-corrected chi connectivity index (χ0v) is 34.6. The summed E-state index contributed by atoms with van der Waals surface area (Å²) < 4.78 is 13.5. The predicted molar refractivity (Wildman–Crippen MR) is 230 cm³/mol. The molecule has 2 amide bonds. The molecule has 0 aromatic heterocycles. The Morgan fingerprint density at radius 1 is 0.810 bits per heavy atom. The van der Waals surface area contributed by atoms with Crippen LogP contribution in [0, 0.1) is 10.8 Å². The van der Waals surface area contributed by atoms with Gasteiger partial charge in [-0.05, 0) is 82.9 Å². The molecule has 7 rings (SSSR count). The first-order valence-corrected chi connectivity index (χ1v) is 21.3. The zero-order valence-electron chi connectivity index (χ0n) is 34.6. The zero-order chi connectivity index (χ0) is 40.7. The topological polar surface area (TPSA) is 126 Å². The van der Waals surface area contributed by atoms with Crippen LogP contribution in [-0.2, 0) is 32.2 Å². The maximum Gasteiger partial charge on any atom is 0.224 e. The van der Waals surface area contributed by atoms with E-state index in [9.17, 15) is 14.7 Å². The van der Waals surface area contributed by atoms with Crippen molar-refractivity contribution in [2.75, 3.05) is 24.1 Å². The summed E-state index contributed by atoms with van der Waals surface area (Å²) in [5, 5.41) is 15.6. The number of aliphatic hydroxyl groups excluding tert-OH is 1. The second kappa shape index (κ2) is 18.6. The van der Waals surface area contributed by atoms with Crippen molar-refractivity contribution in [1.29, 1.82) is 0 Å². The fourth-order valence-corrected chi connectivity index (χ4v) is 9.89. The lowest BCUT2D eigenvalue weighted by Crippen LogP contribution is -2.42. The average Bonchev–Trinajstić information content (AvgIpc) is 3.45. The first kappa shape index (κ1) is 41.6. The lowest BCUT2D eigenvalue weighted by atomic mass is 9.65. The average molecular weight is 787 g/mol. The van der Waals surface area contributed by atoms with Gasteiger partial charge >= 0.3 is 0 Å². The maximum absolute atomic E-state index is 12.8. The second-order valence-electron chi connectivity index (χ2n) is 18.1. The molecular weight excluding hydrogens is 725 g/mol. The summed E-state index contributed by atoms with van der Waals surface area (Å²) in [6, 6.07) is 32.6. The molecule has 1 saturated carbocycles. The van der Waals surface area contributed by atoms with Gasteiger partial charge < -0.3 is 30.9 Å². The highest BCUT2D eigenvalue weighted by Gasteiger charge is 2.50. The number of fused-ring (bicyclic) bond motifs is 2. The molecule has 5 N–H and O–H groups in total. The quantitative estimate of drug-likeness (QED) is 0.0659. The summed E-state index contributed by atoms with van der Waals surface area (Å²) in [6.45, 7) is 9.78. The van der Waals surface area contributed by atoms with Gasteiger partial charge in [0.2, 0.25) is 11.8 Å². The number of likely N-dealkylation sites (tertiary alicyclic amines) is 1. The van der Waals surface area contributed by atoms with Gasteiger partial charge in [-0.3, -0.25) is 14.5 Å². The number of hydrogen-bond acceptors (Lipinski definition) is 7. The van der Waals surface area contributed by atoms with Crippen molar-refractivity contribution in [2.45, 2.75) is 123 Å². The number of carbonyl (C=O) groups excluding carboxylic acids is 2. The number of nitrogen functional groups attached to an aromatic ring is 1. The van der Waals surface area contributed by atoms with Crippen LogP contribution in [-0.4, -0.2) is 47.1 Å². The Morgan fingerprint density at radius 2 is 1.50 bits per heavy atom. The Morgan fingerprint density at radius 3 is 2.24 bits per heavy atom. The van der Waals surface area contributed by atoms with E-state index in [0.29, 0.717) is 47.6 Å². The number of aliphatic hydroxyl groups is 1. The summed E-state index contributed by atoms with van der Waals surface area (Å²) in [6.07, 6.45) is 8.11. The van der Waals surface area contributed by atoms with E-state index in [1.807, 2.05) is 36.4 Å². The van der Waals surface area contributed by atoms with Gasteiger partial charge in [-0.25, -0.2) is 0 Å². The maximum atomic E-state index is 12.8. The minimum atomic E-state index is -0.510. The number of benzene rings is 4. The van der Waals surface area contributed by atoms with Crippen molar-refractivity contribution in [3.05, 3.63) is 119 Å². The smallest absolute Gasteiger partial charge is 0.224 e. The lowest BCUT2D eigenvalue weighted by Gasteiger charge is -2.41. The lowest BCUT2D eigenvalue weighted by molar-refractivity contribution is -0.253. The third-order valence-corrected chi connectivity index (χ3v) is 12.4. The number of carbonyl (C=O) groups is 2. The van der Waals surface area contributed by atoms with Gasteiger partial charge in [0, 0.05) is 50.5 Å². The van der Waals surface area contributed by atoms with Crippen LogP contribution in [0.25, 0.3) is 11.1 Å². The molecule has 2 saturated heterocycles. The number of hydrogen-bond donors (Lipinski definition) is 4. The molecule has 9 heteroatoms. The Hall–Kier alpha value is -4.54. The van der Waals surface area contributed by atoms with Crippen LogP contribution in [0.3, 0.4) is 0 Å². The van der Waals surface area contributed by atoms with E-state index in [0.717, 1.165) is 78.6 Å². The number of anilines is 2. The standard InChI is InChI=1S/C49H62N4O5/c1-48(2)27-39-28-49(3,32-48)33-53(39)30-40-26-44(36-20-18-34(31-54)19-21-36)58-47(57-40)37-24-22-35(23-25-37)41-13-9-8-12-38(41)29-51-45(55)16-6-4-5-7-17-46(56)52-43-15-11-10-14-42(43)50/h8-15,18-25,39-40,44,47,54H,4-7,16-17,26-33,50H2,1-3H3,(H,51,55)(H,52,56)/t39?,40-,44+,47+,49?/m0/s1. The molecule has 3 fully saturated rings. The van der Waals surface area contributed by atoms with Gasteiger partial charge in [-0.1, -0.05) is 119 Å². The predicted octanol–water partition coefficient (Wildman–Crippen LogP) is 9.47. The Bertz CT molecular complexity index is 2000. The SMILES string of the molecule is CC1(C)CC2CC(C)(CN2C[C@@H]2C[C@H](c3ccc(CO)cc3)O[C@H](c3ccc(-c4ccccc4CNC(=O)CCCCCCC(=O)Nc4ccccc4N)cc3)O2)C1. The number of amides is 2. The highest BCUT2D eigenvalue weighted by Crippen LogP contribution is 2.53. The Balaban J connectivity index is 0.932. The van der Waals surface area contributed by atoms with Gasteiger partial charge in [0.1, 0.15) is 0 Å². The number of ether oxygens (including phenoxy) is 2. The number of para-hydroxylation sites is 2. The van der Waals surface area contributed by atoms with Crippen molar-refractivity contribution in [1.82, 2.24) is 10.2 Å².